The zero-order valence-corrected chi connectivity index (χ0v) is 18.4. The van der Waals surface area contributed by atoms with Crippen molar-refractivity contribution in [3.63, 3.8) is 0 Å². The molecule has 2 bridgehead atoms. The quantitative estimate of drug-likeness (QED) is 0.334. The first kappa shape index (κ1) is 19.0. The van der Waals surface area contributed by atoms with Crippen LogP contribution in [0.15, 0.2) is 114 Å². The standard InChI is InChI=1S/C30H26S/c1-3-11-23(12-4-1)19-29-20-24-13-8-10-18-28(24)30(22-29,31-26-15-5-2-6-16-26)21-25-14-7-9-17-27(25)29/h1-18H,19-22H2/t29-,30+/m1/s1. The second-order valence-electron chi connectivity index (χ2n) is 9.20. The Kier molecular flexibility index (Phi) is 4.54. The SMILES string of the molecule is c1ccc(C[C@]23Cc4ccccc4[C@](Sc4ccccc4)(Cc4ccccc42)C3)cc1. The molecular weight excluding hydrogens is 392 g/mol. The van der Waals surface area contributed by atoms with Gasteiger partial charge in [-0.05, 0) is 65.6 Å². The van der Waals surface area contributed by atoms with E-state index in [9.17, 15) is 0 Å². The van der Waals surface area contributed by atoms with Crippen molar-refractivity contribution >= 4 is 11.8 Å². The van der Waals surface area contributed by atoms with Crippen molar-refractivity contribution in [2.45, 2.75) is 40.7 Å². The Hall–Kier alpha value is -2.77. The summed E-state index contributed by atoms with van der Waals surface area (Å²) in [5, 5.41) is 0. The average molecular weight is 419 g/mol. The summed E-state index contributed by atoms with van der Waals surface area (Å²) in [5.74, 6) is 0. The molecule has 0 nitrogen and oxygen atoms in total. The molecule has 0 amide bonds. The van der Waals surface area contributed by atoms with E-state index in [1.165, 1.54) is 28.0 Å². The Balaban J connectivity index is 1.56. The highest BCUT2D eigenvalue weighted by atomic mass is 32.2. The van der Waals surface area contributed by atoms with Crippen LogP contribution in [0.5, 0.6) is 0 Å². The van der Waals surface area contributed by atoms with Crippen molar-refractivity contribution < 1.29 is 0 Å². The number of fused-ring (bicyclic) bond motifs is 6. The molecule has 0 saturated heterocycles. The summed E-state index contributed by atoms with van der Waals surface area (Å²) in [5.41, 5.74) is 7.74. The Morgan fingerprint density at radius 1 is 0.581 bits per heavy atom. The lowest BCUT2D eigenvalue weighted by Crippen LogP contribution is -2.49. The largest absolute Gasteiger partial charge is 0.114 e. The molecule has 0 radical (unpaired) electrons. The molecule has 31 heavy (non-hydrogen) atoms. The highest BCUT2D eigenvalue weighted by Crippen LogP contribution is 2.61. The van der Waals surface area contributed by atoms with Crippen LogP contribution in [0.1, 0.15) is 34.2 Å². The highest BCUT2D eigenvalue weighted by Gasteiger charge is 2.53. The fraction of sp³-hybridized carbons (Fsp3) is 0.200. The minimum atomic E-state index is 0.0688. The molecule has 2 atom stereocenters. The Morgan fingerprint density at radius 3 is 1.90 bits per heavy atom. The molecule has 152 valence electrons. The lowest BCUT2D eigenvalue weighted by atomic mass is 9.55. The van der Waals surface area contributed by atoms with Gasteiger partial charge < -0.3 is 0 Å². The number of hydrogen-bond donors (Lipinski definition) is 0. The lowest BCUT2D eigenvalue weighted by molar-refractivity contribution is 0.283. The summed E-state index contributed by atoms with van der Waals surface area (Å²) in [6.45, 7) is 0. The maximum Gasteiger partial charge on any atom is 0.0507 e. The molecule has 4 aromatic rings. The van der Waals surface area contributed by atoms with E-state index in [4.69, 9.17) is 0 Å². The van der Waals surface area contributed by atoms with Crippen molar-refractivity contribution in [3.8, 4) is 0 Å². The minimum Gasteiger partial charge on any atom is -0.114 e. The number of rotatable bonds is 4. The summed E-state index contributed by atoms with van der Waals surface area (Å²) < 4.78 is 0.0688. The molecule has 0 N–H and O–H groups in total. The molecule has 0 aliphatic heterocycles. The van der Waals surface area contributed by atoms with E-state index in [1.54, 1.807) is 11.1 Å². The first-order chi connectivity index (χ1) is 15.3. The van der Waals surface area contributed by atoms with E-state index in [0.29, 0.717) is 0 Å². The summed E-state index contributed by atoms with van der Waals surface area (Å²) in [7, 11) is 0. The fourth-order valence-corrected chi connectivity index (χ4v) is 7.71. The van der Waals surface area contributed by atoms with Crippen LogP contribution in [0.2, 0.25) is 0 Å². The average Bonchev–Trinajstić information content (AvgIpc) is 2.80. The lowest BCUT2D eigenvalue weighted by Gasteiger charge is -2.54. The fourth-order valence-electron chi connectivity index (χ4n) is 6.08. The molecule has 0 saturated carbocycles. The number of thioether (sulfide) groups is 1. The maximum atomic E-state index is 2.41. The van der Waals surface area contributed by atoms with Gasteiger partial charge in [-0.25, -0.2) is 0 Å². The van der Waals surface area contributed by atoms with Gasteiger partial charge in [-0.1, -0.05) is 97.1 Å². The Bertz CT molecular complexity index is 1120. The zero-order chi connectivity index (χ0) is 20.7. The third-order valence-electron chi connectivity index (χ3n) is 7.17. The Morgan fingerprint density at radius 2 is 1.16 bits per heavy atom. The van der Waals surface area contributed by atoms with E-state index in [1.807, 2.05) is 0 Å². The van der Waals surface area contributed by atoms with Crippen molar-refractivity contribution in [1.29, 1.82) is 0 Å². The second-order valence-corrected chi connectivity index (χ2v) is 10.7. The van der Waals surface area contributed by atoms with E-state index in [0.717, 1.165) is 19.3 Å². The minimum absolute atomic E-state index is 0.0688. The third-order valence-corrected chi connectivity index (χ3v) is 8.57. The van der Waals surface area contributed by atoms with Gasteiger partial charge in [0.15, 0.2) is 0 Å². The number of hydrogen-bond acceptors (Lipinski definition) is 1. The molecule has 4 aromatic carbocycles. The van der Waals surface area contributed by atoms with Gasteiger partial charge in [-0.2, -0.15) is 0 Å². The number of benzene rings is 4. The van der Waals surface area contributed by atoms with Crippen LogP contribution in [-0.4, -0.2) is 0 Å². The van der Waals surface area contributed by atoms with E-state index >= 15 is 0 Å². The topological polar surface area (TPSA) is 0 Å². The van der Waals surface area contributed by atoms with Crippen LogP contribution in [0, 0.1) is 0 Å². The molecule has 2 aliphatic rings. The van der Waals surface area contributed by atoms with Crippen LogP contribution >= 0.6 is 11.8 Å². The molecular formula is C30H26S. The van der Waals surface area contributed by atoms with Gasteiger partial charge >= 0.3 is 0 Å². The predicted molar refractivity (Wildman–Crippen MR) is 131 cm³/mol. The van der Waals surface area contributed by atoms with E-state index < -0.39 is 0 Å². The molecule has 0 aromatic heterocycles. The van der Waals surface area contributed by atoms with Gasteiger partial charge in [0.05, 0.1) is 4.75 Å². The summed E-state index contributed by atoms with van der Waals surface area (Å²) in [4.78, 5) is 1.37. The van der Waals surface area contributed by atoms with E-state index in [-0.39, 0.29) is 10.2 Å². The van der Waals surface area contributed by atoms with Crippen LogP contribution in [0.4, 0.5) is 0 Å². The monoisotopic (exact) mass is 418 g/mol. The smallest absolute Gasteiger partial charge is 0.0507 e. The van der Waals surface area contributed by atoms with Crippen molar-refractivity contribution in [2.24, 2.45) is 0 Å². The van der Waals surface area contributed by atoms with Gasteiger partial charge in [-0.3, -0.25) is 0 Å². The van der Waals surface area contributed by atoms with Crippen molar-refractivity contribution in [1.82, 2.24) is 0 Å². The van der Waals surface area contributed by atoms with Gasteiger partial charge in [0.1, 0.15) is 0 Å². The van der Waals surface area contributed by atoms with Gasteiger partial charge in [0.25, 0.3) is 0 Å². The molecule has 1 heteroatoms. The predicted octanol–water partition coefficient (Wildman–Crippen LogP) is 7.36. The summed E-state index contributed by atoms with van der Waals surface area (Å²) in [6.07, 6.45) is 4.49. The molecule has 2 aliphatic carbocycles. The second kappa shape index (κ2) is 7.43. The molecule has 6 rings (SSSR count). The normalized spacial score (nSPS) is 23.6. The Labute approximate surface area is 189 Å². The molecule has 0 unspecified atom stereocenters. The van der Waals surface area contributed by atoms with Crippen molar-refractivity contribution in [2.75, 3.05) is 0 Å². The maximum absolute atomic E-state index is 2.41. The summed E-state index contributed by atoms with van der Waals surface area (Å²) in [6, 6.07) is 40.6. The van der Waals surface area contributed by atoms with Crippen molar-refractivity contribution in [3.05, 3.63) is 137 Å². The third kappa shape index (κ3) is 3.23. The van der Waals surface area contributed by atoms with Crippen LogP contribution in [-0.2, 0) is 29.4 Å². The molecule has 0 heterocycles. The highest BCUT2D eigenvalue weighted by molar-refractivity contribution is 8.00. The van der Waals surface area contributed by atoms with Crippen LogP contribution < -0.4 is 0 Å². The van der Waals surface area contributed by atoms with Crippen LogP contribution in [0.25, 0.3) is 0 Å². The first-order valence-corrected chi connectivity index (χ1v) is 12.0. The molecule has 0 fully saturated rings. The van der Waals surface area contributed by atoms with Crippen LogP contribution in [0.3, 0.4) is 0 Å². The van der Waals surface area contributed by atoms with E-state index in [2.05, 4.69) is 121 Å². The molecule has 0 spiro atoms. The van der Waals surface area contributed by atoms with Gasteiger partial charge in [-0.15, -0.1) is 11.8 Å². The first-order valence-electron chi connectivity index (χ1n) is 11.2. The van der Waals surface area contributed by atoms with Gasteiger partial charge in [0, 0.05) is 10.3 Å². The summed E-state index contributed by atoms with van der Waals surface area (Å²) >= 11 is 2.08. The van der Waals surface area contributed by atoms with Gasteiger partial charge in [0.2, 0.25) is 0 Å². The zero-order valence-electron chi connectivity index (χ0n) is 17.6.